The summed E-state index contributed by atoms with van der Waals surface area (Å²) in [5.41, 5.74) is 0.873. The van der Waals surface area contributed by atoms with Crippen LogP contribution in [0.3, 0.4) is 0 Å². The molecule has 2 unspecified atom stereocenters. The number of rotatable bonds is 4. The molecule has 1 aromatic rings. The first-order valence-electron chi connectivity index (χ1n) is 5.42. The van der Waals surface area contributed by atoms with Crippen molar-refractivity contribution in [3.8, 4) is 0 Å². The quantitative estimate of drug-likeness (QED) is 0.457. The molecule has 3 nitrogen and oxygen atoms in total. The first-order valence-corrected chi connectivity index (χ1v) is 6.24. The Hall–Kier alpha value is -0.800. The van der Waals surface area contributed by atoms with Gasteiger partial charge in [0.25, 0.3) is 5.69 Å². The average molecular weight is 276 g/mol. The number of alkyl halides is 1. The van der Waals surface area contributed by atoms with Gasteiger partial charge in [-0.15, -0.1) is 11.6 Å². The Morgan fingerprint density at radius 2 is 1.88 bits per heavy atom. The van der Waals surface area contributed by atoms with Gasteiger partial charge < -0.3 is 0 Å². The molecule has 0 radical (unpaired) electrons. The first kappa shape index (κ1) is 14.3. The Morgan fingerprint density at radius 1 is 1.29 bits per heavy atom. The zero-order chi connectivity index (χ0) is 13.2. The van der Waals surface area contributed by atoms with Gasteiger partial charge in [-0.05, 0) is 18.4 Å². The third kappa shape index (κ3) is 3.33. The number of nitro benzene ring substituents is 1. The molecule has 5 heteroatoms. The summed E-state index contributed by atoms with van der Waals surface area (Å²) in [4.78, 5) is 10.2. The average Bonchev–Trinajstić information content (AvgIpc) is 2.19. The second kappa shape index (κ2) is 5.69. The SMILES string of the molecule is CC(C)C(c1ccc([N+](=O)[O-])cc1Cl)C(C)Cl. The van der Waals surface area contributed by atoms with Crippen molar-refractivity contribution in [1.29, 1.82) is 0 Å². The van der Waals surface area contributed by atoms with Crippen LogP contribution in [-0.4, -0.2) is 10.3 Å². The number of benzene rings is 1. The van der Waals surface area contributed by atoms with Gasteiger partial charge in [0.05, 0.1) is 9.95 Å². The molecule has 0 aliphatic carbocycles. The molecule has 1 rings (SSSR count). The van der Waals surface area contributed by atoms with E-state index in [1.54, 1.807) is 6.07 Å². The van der Waals surface area contributed by atoms with Crippen molar-refractivity contribution in [2.24, 2.45) is 5.92 Å². The Labute approximate surface area is 111 Å². The molecular formula is C12H15Cl2NO2. The fourth-order valence-electron chi connectivity index (χ4n) is 2.04. The number of non-ortho nitro benzene ring substituents is 1. The van der Waals surface area contributed by atoms with Crippen molar-refractivity contribution in [2.75, 3.05) is 0 Å². The summed E-state index contributed by atoms with van der Waals surface area (Å²) >= 11 is 12.2. The minimum Gasteiger partial charge on any atom is -0.258 e. The molecule has 0 aliphatic rings. The second-order valence-electron chi connectivity index (χ2n) is 4.41. The lowest BCUT2D eigenvalue weighted by atomic mass is 9.86. The Morgan fingerprint density at radius 3 is 2.24 bits per heavy atom. The maximum Gasteiger partial charge on any atom is 0.270 e. The summed E-state index contributed by atoms with van der Waals surface area (Å²) in [7, 11) is 0. The zero-order valence-corrected chi connectivity index (χ0v) is 11.5. The Kier molecular flexibility index (Phi) is 4.78. The van der Waals surface area contributed by atoms with Gasteiger partial charge in [0, 0.05) is 23.4 Å². The molecule has 0 N–H and O–H groups in total. The van der Waals surface area contributed by atoms with Crippen LogP contribution in [0.2, 0.25) is 5.02 Å². The van der Waals surface area contributed by atoms with Gasteiger partial charge in [-0.3, -0.25) is 10.1 Å². The van der Waals surface area contributed by atoms with Crippen LogP contribution in [0.15, 0.2) is 18.2 Å². The van der Waals surface area contributed by atoms with E-state index in [-0.39, 0.29) is 17.0 Å². The van der Waals surface area contributed by atoms with Gasteiger partial charge in [0.2, 0.25) is 0 Å². The molecule has 0 bridgehead atoms. The van der Waals surface area contributed by atoms with Gasteiger partial charge in [-0.25, -0.2) is 0 Å². The van der Waals surface area contributed by atoms with Crippen molar-refractivity contribution in [3.63, 3.8) is 0 Å². The summed E-state index contributed by atoms with van der Waals surface area (Å²) in [6.45, 7) is 6.02. The van der Waals surface area contributed by atoms with E-state index < -0.39 is 4.92 Å². The predicted molar refractivity (Wildman–Crippen MR) is 71.0 cm³/mol. The summed E-state index contributed by atoms with van der Waals surface area (Å²) in [6, 6.07) is 4.55. The van der Waals surface area contributed by atoms with Crippen molar-refractivity contribution in [3.05, 3.63) is 38.9 Å². The number of hydrogen-bond acceptors (Lipinski definition) is 2. The smallest absolute Gasteiger partial charge is 0.258 e. The monoisotopic (exact) mass is 275 g/mol. The fourth-order valence-corrected chi connectivity index (χ4v) is 2.76. The number of hydrogen-bond donors (Lipinski definition) is 0. The summed E-state index contributed by atoms with van der Waals surface area (Å²) in [5.74, 6) is 0.409. The predicted octanol–water partition coefficient (Wildman–Crippen LogP) is 4.62. The van der Waals surface area contributed by atoms with Crippen LogP contribution >= 0.6 is 23.2 Å². The molecule has 17 heavy (non-hydrogen) atoms. The van der Waals surface area contributed by atoms with Gasteiger partial charge in [0.15, 0.2) is 0 Å². The van der Waals surface area contributed by atoms with Crippen molar-refractivity contribution in [1.82, 2.24) is 0 Å². The number of nitro groups is 1. The molecule has 0 saturated carbocycles. The molecule has 2 atom stereocenters. The van der Waals surface area contributed by atoms with Crippen molar-refractivity contribution >= 4 is 28.9 Å². The van der Waals surface area contributed by atoms with E-state index in [0.29, 0.717) is 10.9 Å². The van der Waals surface area contributed by atoms with Crippen LogP contribution in [0.1, 0.15) is 32.3 Å². The molecule has 0 heterocycles. The maximum absolute atomic E-state index is 10.6. The molecule has 94 valence electrons. The standard InChI is InChI=1S/C12H15Cl2NO2/c1-7(2)12(8(3)13)10-5-4-9(15(16)17)6-11(10)14/h4-8,12H,1-3H3. The van der Waals surface area contributed by atoms with E-state index in [0.717, 1.165) is 5.56 Å². The summed E-state index contributed by atoms with van der Waals surface area (Å²) in [6.07, 6.45) is 0. The van der Waals surface area contributed by atoms with Gasteiger partial charge >= 0.3 is 0 Å². The Bertz CT molecular complexity index is 411. The van der Waals surface area contributed by atoms with Crippen LogP contribution in [0.25, 0.3) is 0 Å². The minimum atomic E-state index is -0.454. The molecule has 0 aromatic heterocycles. The summed E-state index contributed by atoms with van der Waals surface area (Å²) < 4.78 is 0. The highest BCUT2D eigenvalue weighted by molar-refractivity contribution is 6.31. The summed E-state index contributed by atoms with van der Waals surface area (Å²) in [5, 5.41) is 11.0. The number of halogens is 2. The molecule has 1 aromatic carbocycles. The zero-order valence-electron chi connectivity index (χ0n) is 9.98. The van der Waals surface area contributed by atoms with Crippen LogP contribution in [-0.2, 0) is 0 Å². The van der Waals surface area contributed by atoms with Gasteiger partial charge in [-0.1, -0.05) is 31.5 Å². The number of nitrogens with zero attached hydrogens (tertiary/aromatic N) is 1. The molecule has 0 aliphatic heterocycles. The van der Waals surface area contributed by atoms with E-state index in [4.69, 9.17) is 23.2 Å². The van der Waals surface area contributed by atoms with E-state index >= 15 is 0 Å². The van der Waals surface area contributed by atoms with Crippen molar-refractivity contribution in [2.45, 2.75) is 32.1 Å². The highest BCUT2D eigenvalue weighted by Crippen LogP contribution is 2.36. The lowest BCUT2D eigenvalue weighted by Gasteiger charge is -2.24. The normalized spacial score (nSPS) is 14.7. The van der Waals surface area contributed by atoms with E-state index in [1.165, 1.54) is 12.1 Å². The Balaban J connectivity index is 3.18. The highest BCUT2D eigenvalue weighted by atomic mass is 35.5. The lowest BCUT2D eigenvalue weighted by Crippen LogP contribution is -2.16. The third-order valence-corrected chi connectivity index (χ3v) is 3.37. The van der Waals surface area contributed by atoms with Crippen LogP contribution in [0.5, 0.6) is 0 Å². The highest BCUT2D eigenvalue weighted by Gasteiger charge is 2.24. The van der Waals surface area contributed by atoms with Crippen LogP contribution < -0.4 is 0 Å². The second-order valence-corrected chi connectivity index (χ2v) is 5.51. The van der Waals surface area contributed by atoms with E-state index in [1.807, 2.05) is 6.92 Å². The van der Waals surface area contributed by atoms with Crippen molar-refractivity contribution < 1.29 is 4.92 Å². The third-order valence-electron chi connectivity index (χ3n) is 2.77. The molecular weight excluding hydrogens is 261 g/mol. The lowest BCUT2D eigenvalue weighted by molar-refractivity contribution is -0.384. The van der Waals surface area contributed by atoms with Gasteiger partial charge in [0.1, 0.15) is 0 Å². The molecule has 0 saturated heterocycles. The fraction of sp³-hybridized carbons (Fsp3) is 0.500. The first-order chi connectivity index (χ1) is 7.84. The molecule has 0 spiro atoms. The molecule has 0 fully saturated rings. The largest absolute Gasteiger partial charge is 0.270 e. The topological polar surface area (TPSA) is 43.1 Å². The molecule has 0 amide bonds. The van der Waals surface area contributed by atoms with E-state index in [2.05, 4.69) is 13.8 Å². The van der Waals surface area contributed by atoms with Crippen LogP contribution in [0, 0.1) is 16.0 Å². The van der Waals surface area contributed by atoms with Crippen LogP contribution in [0.4, 0.5) is 5.69 Å². The van der Waals surface area contributed by atoms with E-state index in [9.17, 15) is 10.1 Å². The van der Waals surface area contributed by atoms with Gasteiger partial charge in [-0.2, -0.15) is 0 Å². The minimum absolute atomic E-state index is 0.00322. The maximum atomic E-state index is 10.6.